The Labute approximate surface area is 81.2 Å². The fourth-order valence-electron chi connectivity index (χ4n) is 1.23. The topological polar surface area (TPSA) is 76.4 Å². The molecule has 1 aliphatic rings. The van der Waals surface area contributed by atoms with Crippen LogP contribution in [-0.4, -0.2) is 18.6 Å². The van der Waals surface area contributed by atoms with Gasteiger partial charge in [0.05, 0.1) is 0 Å². The van der Waals surface area contributed by atoms with Crippen LogP contribution >= 0.6 is 0 Å². The monoisotopic (exact) mass is 193 g/mol. The van der Waals surface area contributed by atoms with Crippen LogP contribution in [0.2, 0.25) is 0 Å². The lowest BCUT2D eigenvalue weighted by molar-refractivity contribution is -0.124. The van der Waals surface area contributed by atoms with Crippen LogP contribution in [-0.2, 0) is 9.63 Å². The number of hydrogen-bond donors (Lipinski definition) is 3. The van der Waals surface area contributed by atoms with E-state index in [1.165, 1.54) is 0 Å². The van der Waals surface area contributed by atoms with Gasteiger partial charge in [0.25, 0.3) is 5.91 Å². The van der Waals surface area contributed by atoms with Crippen molar-refractivity contribution in [3.05, 3.63) is 24.3 Å². The summed E-state index contributed by atoms with van der Waals surface area (Å²) in [6.45, 7) is 0.337. The summed E-state index contributed by atoms with van der Waals surface area (Å²) in [6, 6.07) is 6.87. The molecule has 5 heteroatoms. The second-order valence-corrected chi connectivity index (χ2v) is 3.10. The van der Waals surface area contributed by atoms with Gasteiger partial charge in [-0.2, -0.15) is 0 Å². The van der Waals surface area contributed by atoms with E-state index in [4.69, 9.17) is 10.6 Å². The zero-order valence-electron chi connectivity index (χ0n) is 7.49. The van der Waals surface area contributed by atoms with Crippen LogP contribution in [0.25, 0.3) is 0 Å². The Kier molecular flexibility index (Phi) is 2.24. The van der Waals surface area contributed by atoms with Crippen LogP contribution in [0.1, 0.15) is 0 Å². The molecule has 74 valence electrons. The van der Waals surface area contributed by atoms with Gasteiger partial charge in [-0.05, 0) is 24.3 Å². The molecule has 1 fully saturated rings. The number of nitrogen functional groups attached to an aromatic ring is 1. The van der Waals surface area contributed by atoms with Crippen molar-refractivity contribution in [2.24, 2.45) is 0 Å². The number of amides is 1. The van der Waals surface area contributed by atoms with Gasteiger partial charge in [-0.15, -0.1) is 0 Å². The van der Waals surface area contributed by atoms with Crippen molar-refractivity contribution in [1.29, 1.82) is 0 Å². The fraction of sp³-hybridized carbons (Fsp3) is 0.222. The highest BCUT2D eigenvalue weighted by Gasteiger charge is 2.24. The van der Waals surface area contributed by atoms with Crippen molar-refractivity contribution in [1.82, 2.24) is 5.48 Å². The van der Waals surface area contributed by atoms with Gasteiger partial charge in [-0.25, -0.2) is 5.48 Å². The molecule has 1 aliphatic heterocycles. The second-order valence-electron chi connectivity index (χ2n) is 3.10. The summed E-state index contributed by atoms with van der Waals surface area (Å²) in [7, 11) is 0. The summed E-state index contributed by atoms with van der Waals surface area (Å²) in [5.74, 6) is -0.151. The van der Waals surface area contributed by atoms with Crippen LogP contribution in [0, 0.1) is 0 Å². The SMILES string of the molecule is Nc1ccc(NC2CONC2=O)cc1. The maximum atomic E-state index is 11.1. The Bertz CT molecular complexity index is 336. The van der Waals surface area contributed by atoms with E-state index in [2.05, 4.69) is 10.8 Å². The van der Waals surface area contributed by atoms with Crippen LogP contribution in [0.3, 0.4) is 0 Å². The molecule has 4 N–H and O–H groups in total. The standard InChI is InChI=1S/C9H11N3O2/c10-6-1-3-7(4-2-6)11-8-5-14-12-9(8)13/h1-4,8,11H,5,10H2,(H,12,13). The molecular weight excluding hydrogens is 182 g/mol. The highest BCUT2D eigenvalue weighted by Crippen LogP contribution is 2.12. The van der Waals surface area contributed by atoms with E-state index >= 15 is 0 Å². The van der Waals surface area contributed by atoms with E-state index in [0.29, 0.717) is 12.3 Å². The minimum atomic E-state index is -0.321. The lowest BCUT2D eigenvalue weighted by Gasteiger charge is -2.09. The third kappa shape index (κ3) is 1.77. The quantitative estimate of drug-likeness (QED) is 0.583. The molecule has 1 heterocycles. The van der Waals surface area contributed by atoms with Gasteiger partial charge in [-0.3, -0.25) is 9.63 Å². The number of benzene rings is 1. The van der Waals surface area contributed by atoms with Gasteiger partial charge in [-0.1, -0.05) is 0 Å². The molecule has 2 rings (SSSR count). The molecule has 1 aromatic carbocycles. The van der Waals surface area contributed by atoms with Crippen LogP contribution in [0.15, 0.2) is 24.3 Å². The molecule has 0 aliphatic carbocycles. The Morgan fingerprint density at radius 3 is 2.71 bits per heavy atom. The maximum Gasteiger partial charge on any atom is 0.268 e. The third-order valence-electron chi connectivity index (χ3n) is 1.99. The summed E-state index contributed by atoms with van der Waals surface area (Å²) in [5, 5.41) is 3.03. The number of nitrogens with two attached hydrogens (primary N) is 1. The first-order valence-corrected chi connectivity index (χ1v) is 4.29. The van der Waals surface area contributed by atoms with Crippen molar-refractivity contribution in [3.63, 3.8) is 0 Å². The van der Waals surface area contributed by atoms with E-state index in [9.17, 15) is 4.79 Å². The molecule has 0 bridgehead atoms. The largest absolute Gasteiger partial charge is 0.399 e. The molecule has 1 amide bonds. The first kappa shape index (κ1) is 8.83. The number of rotatable bonds is 2. The minimum Gasteiger partial charge on any atom is -0.399 e. The second kappa shape index (κ2) is 3.55. The smallest absolute Gasteiger partial charge is 0.268 e. The predicted molar refractivity (Wildman–Crippen MR) is 52.4 cm³/mol. The number of carbonyl (C=O) groups is 1. The molecule has 0 spiro atoms. The summed E-state index contributed by atoms with van der Waals surface area (Å²) >= 11 is 0. The van der Waals surface area contributed by atoms with Gasteiger partial charge in [0.15, 0.2) is 0 Å². The van der Waals surface area contributed by atoms with Gasteiger partial charge >= 0.3 is 0 Å². The molecule has 1 unspecified atom stereocenters. The number of anilines is 2. The van der Waals surface area contributed by atoms with Crippen molar-refractivity contribution < 1.29 is 9.63 Å². The minimum absolute atomic E-state index is 0.151. The maximum absolute atomic E-state index is 11.1. The summed E-state index contributed by atoms with van der Waals surface area (Å²) in [5.41, 5.74) is 9.35. The van der Waals surface area contributed by atoms with Crippen LogP contribution in [0.5, 0.6) is 0 Å². The lowest BCUT2D eigenvalue weighted by Crippen LogP contribution is -2.30. The average Bonchev–Trinajstić information content (AvgIpc) is 2.56. The molecule has 14 heavy (non-hydrogen) atoms. The zero-order chi connectivity index (χ0) is 9.97. The number of hydrogen-bond acceptors (Lipinski definition) is 4. The highest BCUT2D eigenvalue weighted by atomic mass is 16.7. The van der Waals surface area contributed by atoms with E-state index in [1.54, 1.807) is 12.1 Å². The molecule has 1 saturated heterocycles. The van der Waals surface area contributed by atoms with Crippen molar-refractivity contribution in [2.45, 2.75) is 6.04 Å². The molecule has 1 atom stereocenters. The fourth-order valence-corrected chi connectivity index (χ4v) is 1.23. The average molecular weight is 193 g/mol. The number of nitrogens with one attached hydrogen (secondary N) is 2. The molecule has 0 aromatic heterocycles. The van der Waals surface area contributed by atoms with Crippen molar-refractivity contribution in [2.75, 3.05) is 17.7 Å². The van der Waals surface area contributed by atoms with Crippen molar-refractivity contribution >= 4 is 17.3 Å². The van der Waals surface area contributed by atoms with Gasteiger partial charge < -0.3 is 11.1 Å². The Morgan fingerprint density at radius 2 is 2.14 bits per heavy atom. The predicted octanol–water partition coefficient (Wildman–Crippen LogP) is 0.111. The van der Waals surface area contributed by atoms with E-state index in [1.807, 2.05) is 12.1 Å². The molecule has 1 aromatic rings. The van der Waals surface area contributed by atoms with Gasteiger partial charge in [0.1, 0.15) is 12.6 Å². The van der Waals surface area contributed by atoms with Gasteiger partial charge in [0.2, 0.25) is 0 Å². The Morgan fingerprint density at radius 1 is 1.43 bits per heavy atom. The third-order valence-corrected chi connectivity index (χ3v) is 1.99. The number of hydroxylamine groups is 1. The normalized spacial score (nSPS) is 20.6. The summed E-state index contributed by atoms with van der Waals surface area (Å²) in [6.07, 6.45) is 0. The Hall–Kier alpha value is -1.75. The molecule has 5 nitrogen and oxygen atoms in total. The molecule has 0 radical (unpaired) electrons. The Balaban J connectivity index is 2.03. The van der Waals surface area contributed by atoms with Crippen LogP contribution < -0.4 is 16.5 Å². The van der Waals surface area contributed by atoms with Gasteiger partial charge in [0, 0.05) is 11.4 Å². The number of carbonyl (C=O) groups excluding carboxylic acids is 1. The summed E-state index contributed by atoms with van der Waals surface area (Å²) < 4.78 is 0. The zero-order valence-corrected chi connectivity index (χ0v) is 7.49. The van der Waals surface area contributed by atoms with E-state index in [-0.39, 0.29) is 11.9 Å². The molecule has 0 saturated carbocycles. The first-order chi connectivity index (χ1) is 6.75. The van der Waals surface area contributed by atoms with Crippen molar-refractivity contribution in [3.8, 4) is 0 Å². The highest BCUT2D eigenvalue weighted by molar-refractivity contribution is 5.85. The first-order valence-electron chi connectivity index (χ1n) is 4.29. The molecular formula is C9H11N3O2. The van der Waals surface area contributed by atoms with Crippen LogP contribution in [0.4, 0.5) is 11.4 Å². The summed E-state index contributed by atoms with van der Waals surface area (Å²) in [4.78, 5) is 15.9. The lowest BCUT2D eigenvalue weighted by atomic mass is 10.2. The van der Waals surface area contributed by atoms with E-state index in [0.717, 1.165) is 5.69 Å². The van der Waals surface area contributed by atoms with E-state index < -0.39 is 0 Å².